The van der Waals surface area contributed by atoms with Gasteiger partial charge in [-0.2, -0.15) is 0 Å². The molecule has 1 amide bonds. The van der Waals surface area contributed by atoms with Gasteiger partial charge in [-0.3, -0.25) is 9.78 Å². The molecule has 0 bridgehead atoms. The van der Waals surface area contributed by atoms with Crippen LogP contribution in [0.1, 0.15) is 42.2 Å². The standard InChI is InChI=1S/C18H21FN2O/c1-12-4-3-8-21(9-7-12)18(22)16-10-14-5-6-15(19)11-17(14)20-13(16)2/h5-6,10-12H,3-4,7-9H2,1-2H3/t12-/m0/s1. The molecule has 0 saturated carbocycles. The average molecular weight is 300 g/mol. The molecule has 22 heavy (non-hydrogen) atoms. The maximum absolute atomic E-state index is 13.3. The van der Waals surface area contributed by atoms with Gasteiger partial charge in [0.25, 0.3) is 5.91 Å². The zero-order valence-electron chi connectivity index (χ0n) is 13.1. The van der Waals surface area contributed by atoms with Gasteiger partial charge >= 0.3 is 0 Å². The molecule has 2 heterocycles. The smallest absolute Gasteiger partial charge is 0.255 e. The van der Waals surface area contributed by atoms with Crippen LogP contribution in [-0.4, -0.2) is 28.9 Å². The second kappa shape index (κ2) is 6.03. The van der Waals surface area contributed by atoms with Crippen LogP contribution in [0.4, 0.5) is 4.39 Å². The third kappa shape index (κ3) is 2.96. The minimum absolute atomic E-state index is 0.0466. The van der Waals surface area contributed by atoms with Crippen molar-refractivity contribution in [2.45, 2.75) is 33.1 Å². The van der Waals surface area contributed by atoms with Crippen LogP contribution in [0.2, 0.25) is 0 Å². The zero-order chi connectivity index (χ0) is 15.7. The number of hydrogen-bond acceptors (Lipinski definition) is 2. The van der Waals surface area contributed by atoms with Gasteiger partial charge in [0.05, 0.1) is 16.8 Å². The van der Waals surface area contributed by atoms with E-state index >= 15 is 0 Å². The summed E-state index contributed by atoms with van der Waals surface area (Å²) in [5.41, 5.74) is 1.90. The van der Waals surface area contributed by atoms with E-state index in [1.165, 1.54) is 18.6 Å². The van der Waals surface area contributed by atoms with Gasteiger partial charge in [-0.05, 0) is 50.3 Å². The number of amides is 1. The first-order valence-electron chi connectivity index (χ1n) is 7.91. The normalized spacial score (nSPS) is 19.2. The van der Waals surface area contributed by atoms with Crippen molar-refractivity contribution in [3.05, 3.63) is 41.3 Å². The number of fused-ring (bicyclic) bond motifs is 1. The van der Waals surface area contributed by atoms with Gasteiger partial charge < -0.3 is 4.90 Å². The Labute approximate surface area is 130 Å². The average Bonchev–Trinajstić information content (AvgIpc) is 2.70. The lowest BCUT2D eigenvalue weighted by Gasteiger charge is -2.21. The number of carbonyl (C=O) groups excluding carboxylic acids is 1. The molecule has 0 radical (unpaired) electrons. The highest BCUT2D eigenvalue weighted by atomic mass is 19.1. The quantitative estimate of drug-likeness (QED) is 0.799. The van der Waals surface area contributed by atoms with E-state index in [0.29, 0.717) is 22.7 Å². The maximum Gasteiger partial charge on any atom is 0.255 e. The summed E-state index contributed by atoms with van der Waals surface area (Å²) in [6.07, 6.45) is 3.28. The van der Waals surface area contributed by atoms with Crippen LogP contribution < -0.4 is 0 Å². The Kier molecular flexibility index (Phi) is 4.10. The first-order valence-corrected chi connectivity index (χ1v) is 7.91. The number of likely N-dealkylation sites (tertiary alicyclic amines) is 1. The lowest BCUT2D eigenvalue weighted by atomic mass is 10.0. The Morgan fingerprint density at radius 3 is 2.91 bits per heavy atom. The van der Waals surface area contributed by atoms with Crippen molar-refractivity contribution < 1.29 is 9.18 Å². The minimum Gasteiger partial charge on any atom is -0.339 e. The van der Waals surface area contributed by atoms with Gasteiger partial charge in [-0.25, -0.2) is 4.39 Å². The van der Waals surface area contributed by atoms with Crippen LogP contribution in [-0.2, 0) is 0 Å². The van der Waals surface area contributed by atoms with Crippen LogP contribution in [0, 0.1) is 18.7 Å². The molecule has 1 atom stereocenters. The molecule has 3 rings (SSSR count). The van der Waals surface area contributed by atoms with Crippen LogP contribution in [0.3, 0.4) is 0 Å². The van der Waals surface area contributed by atoms with E-state index in [1.807, 2.05) is 17.9 Å². The molecule has 2 aromatic rings. The zero-order valence-corrected chi connectivity index (χ0v) is 13.1. The molecule has 1 aliphatic heterocycles. The van der Waals surface area contributed by atoms with Crippen molar-refractivity contribution in [3.63, 3.8) is 0 Å². The summed E-state index contributed by atoms with van der Waals surface area (Å²) < 4.78 is 13.3. The molecule has 116 valence electrons. The number of pyridine rings is 1. The van der Waals surface area contributed by atoms with E-state index in [2.05, 4.69) is 11.9 Å². The van der Waals surface area contributed by atoms with Gasteiger partial charge in [0.1, 0.15) is 5.82 Å². The Morgan fingerprint density at radius 1 is 1.27 bits per heavy atom. The van der Waals surface area contributed by atoms with Crippen molar-refractivity contribution in [1.82, 2.24) is 9.88 Å². The molecule has 1 aliphatic rings. The molecule has 0 N–H and O–H groups in total. The lowest BCUT2D eigenvalue weighted by molar-refractivity contribution is 0.0759. The number of halogens is 1. The highest BCUT2D eigenvalue weighted by molar-refractivity contribution is 5.98. The number of carbonyl (C=O) groups is 1. The SMILES string of the molecule is Cc1nc2cc(F)ccc2cc1C(=O)N1CCC[C@H](C)CC1. The van der Waals surface area contributed by atoms with Gasteiger partial charge in [0.15, 0.2) is 0 Å². The summed E-state index contributed by atoms with van der Waals surface area (Å²) in [7, 11) is 0. The summed E-state index contributed by atoms with van der Waals surface area (Å²) in [6.45, 7) is 5.67. The summed E-state index contributed by atoms with van der Waals surface area (Å²) in [6, 6.07) is 6.33. The van der Waals surface area contributed by atoms with E-state index in [9.17, 15) is 9.18 Å². The van der Waals surface area contributed by atoms with E-state index in [-0.39, 0.29) is 11.7 Å². The Morgan fingerprint density at radius 2 is 2.09 bits per heavy atom. The second-order valence-electron chi connectivity index (χ2n) is 6.29. The second-order valence-corrected chi connectivity index (χ2v) is 6.29. The monoisotopic (exact) mass is 300 g/mol. The van der Waals surface area contributed by atoms with Crippen molar-refractivity contribution in [2.75, 3.05) is 13.1 Å². The molecule has 4 heteroatoms. The van der Waals surface area contributed by atoms with Gasteiger partial charge in [0.2, 0.25) is 0 Å². The van der Waals surface area contributed by atoms with Crippen LogP contribution in [0.25, 0.3) is 10.9 Å². The summed E-state index contributed by atoms with van der Waals surface area (Å²) in [5, 5.41) is 0.804. The van der Waals surface area contributed by atoms with E-state index in [4.69, 9.17) is 0 Å². The highest BCUT2D eigenvalue weighted by Gasteiger charge is 2.21. The van der Waals surface area contributed by atoms with Crippen LogP contribution in [0.5, 0.6) is 0 Å². The Bertz CT molecular complexity index is 714. The Hall–Kier alpha value is -1.97. The molecular weight excluding hydrogens is 279 g/mol. The number of aromatic nitrogens is 1. The van der Waals surface area contributed by atoms with Crippen molar-refractivity contribution in [2.24, 2.45) is 5.92 Å². The van der Waals surface area contributed by atoms with E-state index in [0.717, 1.165) is 31.3 Å². The van der Waals surface area contributed by atoms with Crippen LogP contribution >= 0.6 is 0 Å². The molecule has 0 spiro atoms. The predicted octanol–water partition coefficient (Wildman–Crippen LogP) is 3.94. The largest absolute Gasteiger partial charge is 0.339 e. The maximum atomic E-state index is 13.3. The summed E-state index contributed by atoms with van der Waals surface area (Å²) >= 11 is 0. The van der Waals surface area contributed by atoms with Crippen molar-refractivity contribution in [1.29, 1.82) is 0 Å². The van der Waals surface area contributed by atoms with E-state index in [1.54, 1.807) is 6.07 Å². The minimum atomic E-state index is -0.306. The third-order valence-corrected chi connectivity index (χ3v) is 4.50. The highest BCUT2D eigenvalue weighted by Crippen LogP contribution is 2.22. The number of benzene rings is 1. The van der Waals surface area contributed by atoms with Crippen molar-refractivity contribution >= 4 is 16.8 Å². The molecular formula is C18H21FN2O. The van der Waals surface area contributed by atoms with Gasteiger partial charge in [-0.15, -0.1) is 0 Å². The topological polar surface area (TPSA) is 33.2 Å². The molecule has 1 fully saturated rings. The number of hydrogen-bond donors (Lipinski definition) is 0. The fourth-order valence-corrected chi connectivity index (χ4v) is 3.09. The van der Waals surface area contributed by atoms with Crippen molar-refractivity contribution in [3.8, 4) is 0 Å². The molecule has 0 aliphatic carbocycles. The third-order valence-electron chi connectivity index (χ3n) is 4.50. The van der Waals surface area contributed by atoms with E-state index < -0.39 is 0 Å². The summed E-state index contributed by atoms with van der Waals surface area (Å²) in [4.78, 5) is 19.1. The Balaban J connectivity index is 1.93. The lowest BCUT2D eigenvalue weighted by Crippen LogP contribution is -2.32. The van der Waals surface area contributed by atoms with Gasteiger partial charge in [-0.1, -0.05) is 6.92 Å². The predicted molar refractivity (Wildman–Crippen MR) is 85.4 cm³/mol. The molecule has 1 aromatic carbocycles. The molecule has 1 saturated heterocycles. The van der Waals surface area contributed by atoms with Gasteiger partial charge in [0, 0.05) is 24.5 Å². The first kappa shape index (κ1) is 14.9. The first-order chi connectivity index (χ1) is 10.5. The van der Waals surface area contributed by atoms with Crippen LogP contribution in [0.15, 0.2) is 24.3 Å². The molecule has 0 unspecified atom stereocenters. The summed E-state index contributed by atoms with van der Waals surface area (Å²) in [5.74, 6) is 0.418. The molecule has 1 aromatic heterocycles. The number of nitrogens with zero attached hydrogens (tertiary/aromatic N) is 2. The number of aryl methyl sites for hydroxylation is 1. The number of rotatable bonds is 1. The fraction of sp³-hybridized carbons (Fsp3) is 0.444. The fourth-order valence-electron chi connectivity index (χ4n) is 3.09. The molecule has 3 nitrogen and oxygen atoms in total.